The summed E-state index contributed by atoms with van der Waals surface area (Å²) in [6, 6.07) is 8.65. The molecule has 3 nitrogen and oxygen atoms in total. The van der Waals surface area contributed by atoms with Crippen molar-refractivity contribution in [2.75, 3.05) is 0 Å². The van der Waals surface area contributed by atoms with Crippen LogP contribution in [0, 0.1) is 0 Å². The number of nitrogens with one attached hydrogen (secondary N) is 1. The number of benzene rings is 1. The number of nitrogens with zero attached hydrogens (tertiary/aromatic N) is 1. The zero-order valence-electron chi connectivity index (χ0n) is 10.7. The molecule has 0 fully saturated rings. The summed E-state index contributed by atoms with van der Waals surface area (Å²) in [5.41, 5.74) is 1.33. The quantitative estimate of drug-likeness (QED) is 0.682. The molecular weight excluding hydrogens is 301 g/mol. The van der Waals surface area contributed by atoms with E-state index in [1.165, 1.54) is 29.5 Å². The highest BCUT2D eigenvalue weighted by molar-refractivity contribution is 7.10. The first kappa shape index (κ1) is 15.2. The summed E-state index contributed by atoms with van der Waals surface area (Å²) < 4.78 is 38.2. The van der Waals surface area contributed by atoms with E-state index in [0.717, 1.165) is 17.2 Å². The summed E-state index contributed by atoms with van der Waals surface area (Å²) in [4.78, 5) is 12.4. The van der Waals surface area contributed by atoms with E-state index in [1.54, 1.807) is 6.07 Å². The molecule has 0 radical (unpaired) electrons. The van der Waals surface area contributed by atoms with Crippen molar-refractivity contribution < 1.29 is 18.0 Å². The Bertz CT molecular complexity index is 636. The Kier molecular flexibility index (Phi) is 4.74. The lowest BCUT2D eigenvalue weighted by molar-refractivity contribution is -0.137. The number of carbonyl (C=O) groups excluding carboxylic acids is 1. The van der Waals surface area contributed by atoms with Gasteiger partial charge in [0.1, 0.15) is 0 Å². The molecule has 0 atom stereocenters. The number of halogens is 3. The van der Waals surface area contributed by atoms with Crippen LogP contribution >= 0.6 is 11.3 Å². The molecule has 1 aromatic heterocycles. The van der Waals surface area contributed by atoms with Gasteiger partial charge in [0.2, 0.25) is 5.91 Å². The lowest BCUT2D eigenvalue weighted by Gasteiger charge is -2.09. The van der Waals surface area contributed by atoms with Crippen molar-refractivity contribution in [1.29, 1.82) is 0 Å². The van der Waals surface area contributed by atoms with Crippen molar-refractivity contribution in [2.45, 2.75) is 12.6 Å². The van der Waals surface area contributed by atoms with E-state index in [2.05, 4.69) is 10.5 Å². The average molecular weight is 312 g/mol. The maximum atomic E-state index is 12.7. The van der Waals surface area contributed by atoms with Gasteiger partial charge in [-0.05, 0) is 17.5 Å². The monoisotopic (exact) mass is 312 g/mol. The van der Waals surface area contributed by atoms with Gasteiger partial charge in [0.25, 0.3) is 0 Å². The molecule has 7 heteroatoms. The van der Waals surface area contributed by atoms with Crippen molar-refractivity contribution in [3.05, 3.63) is 57.8 Å². The van der Waals surface area contributed by atoms with E-state index in [9.17, 15) is 18.0 Å². The van der Waals surface area contributed by atoms with E-state index < -0.39 is 11.7 Å². The second-order valence-electron chi connectivity index (χ2n) is 4.13. The van der Waals surface area contributed by atoms with Crippen LogP contribution in [0.4, 0.5) is 13.2 Å². The van der Waals surface area contributed by atoms with Crippen LogP contribution in [0.1, 0.15) is 16.0 Å². The Hall–Kier alpha value is -2.15. The number of thiophene rings is 1. The molecule has 2 aromatic rings. The predicted octanol–water partition coefficient (Wildman–Crippen LogP) is 3.46. The molecule has 1 heterocycles. The first-order valence-electron chi connectivity index (χ1n) is 5.97. The molecular formula is C14H11F3N2OS. The van der Waals surface area contributed by atoms with E-state index >= 15 is 0 Å². The summed E-state index contributed by atoms with van der Waals surface area (Å²) in [5.74, 6) is -0.377. The molecule has 0 aliphatic heterocycles. The van der Waals surface area contributed by atoms with E-state index in [4.69, 9.17) is 0 Å². The molecule has 21 heavy (non-hydrogen) atoms. The molecule has 2 rings (SSSR count). The largest absolute Gasteiger partial charge is 0.417 e. The molecule has 0 aliphatic rings. The van der Waals surface area contributed by atoms with Gasteiger partial charge in [-0.1, -0.05) is 24.3 Å². The molecule has 1 amide bonds. The Morgan fingerprint density at radius 2 is 2.00 bits per heavy atom. The number of rotatable bonds is 4. The van der Waals surface area contributed by atoms with Crippen LogP contribution in [0.15, 0.2) is 46.9 Å². The molecule has 0 saturated heterocycles. The van der Waals surface area contributed by atoms with Gasteiger partial charge in [-0.2, -0.15) is 18.3 Å². The van der Waals surface area contributed by atoms with Crippen LogP contribution in [0.2, 0.25) is 0 Å². The zero-order chi connectivity index (χ0) is 15.3. The van der Waals surface area contributed by atoms with Gasteiger partial charge in [-0.25, -0.2) is 5.43 Å². The number of hydrogen-bond acceptors (Lipinski definition) is 3. The molecule has 0 saturated carbocycles. The van der Waals surface area contributed by atoms with Crippen LogP contribution in [-0.2, 0) is 17.4 Å². The number of alkyl halides is 3. The van der Waals surface area contributed by atoms with Gasteiger partial charge in [0, 0.05) is 10.4 Å². The molecule has 0 bridgehead atoms. The smallest absolute Gasteiger partial charge is 0.273 e. The highest BCUT2D eigenvalue weighted by Crippen LogP contribution is 2.30. The minimum Gasteiger partial charge on any atom is -0.273 e. The summed E-state index contributed by atoms with van der Waals surface area (Å²) >= 11 is 1.43. The summed E-state index contributed by atoms with van der Waals surface area (Å²) in [6.07, 6.45) is -3.31. The Morgan fingerprint density at radius 1 is 1.24 bits per heavy atom. The summed E-state index contributed by atoms with van der Waals surface area (Å²) in [5, 5.41) is 5.42. The van der Waals surface area contributed by atoms with E-state index in [0.29, 0.717) is 0 Å². The minimum absolute atomic E-state index is 0.0959. The number of amides is 1. The minimum atomic E-state index is -4.45. The number of hydrogen-bond donors (Lipinski definition) is 1. The lowest BCUT2D eigenvalue weighted by atomic mass is 10.1. The Morgan fingerprint density at radius 3 is 2.67 bits per heavy atom. The van der Waals surface area contributed by atoms with Gasteiger partial charge >= 0.3 is 6.18 Å². The average Bonchev–Trinajstić information content (AvgIpc) is 2.91. The topological polar surface area (TPSA) is 41.5 Å². The molecule has 0 unspecified atom stereocenters. The van der Waals surface area contributed by atoms with Gasteiger partial charge in [-0.3, -0.25) is 4.79 Å². The fourth-order valence-electron chi connectivity index (χ4n) is 1.65. The fraction of sp³-hybridized carbons (Fsp3) is 0.143. The SMILES string of the molecule is O=C(Cc1cccs1)N/N=C/c1ccccc1C(F)(F)F. The van der Waals surface area contributed by atoms with Crippen molar-refractivity contribution in [1.82, 2.24) is 5.43 Å². The fourth-order valence-corrected chi connectivity index (χ4v) is 2.36. The van der Waals surface area contributed by atoms with Crippen LogP contribution in [-0.4, -0.2) is 12.1 Å². The maximum Gasteiger partial charge on any atom is 0.417 e. The third-order valence-electron chi connectivity index (χ3n) is 2.57. The molecule has 1 N–H and O–H groups in total. The Labute approximate surface area is 123 Å². The number of hydrazone groups is 1. The first-order valence-corrected chi connectivity index (χ1v) is 6.85. The zero-order valence-corrected chi connectivity index (χ0v) is 11.5. The third kappa shape index (κ3) is 4.42. The normalized spacial score (nSPS) is 11.8. The maximum absolute atomic E-state index is 12.7. The molecule has 1 aromatic carbocycles. The second-order valence-corrected chi connectivity index (χ2v) is 5.17. The van der Waals surface area contributed by atoms with E-state index in [1.807, 2.05) is 11.4 Å². The standard InChI is InChI=1S/C14H11F3N2OS/c15-14(16,17)12-6-2-1-4-10(12)9-18-19-13(20)8-11-5-3-7-21-11/h1-7,9H,8H2,(H,19,20)/b18-9+. The highest BCUT2D eigenvalue weighted by atomic mass is 32.1. The number of carbonyl (C=O) groups is 1. The Balaban J connectivity index is 2.00. The van der Waals surface area contributed by atoms with Crippen molar-refractivity contribution >= 4 is 23.5 Å². The first-order chi connectivity index (χ1) is 9.97. The van der Waals surface area contributed by atoms with Gasteiger partial charge in [0.05, 0.1) is 18.2 Å². The van der Waals surface area contributed by atoms with Crippen molar-refractivity contribution in [3.63, 3.8) is 0 Å². The highest BCUT2D eigenvalue weighted by Gasteiger charge is 2.32. The lowest BCUT2D eigenvalue weighted by Crippen LogP contribution is -2.19. The van der Waals surface area contributed by atoms with Crippen molar-refractivity contribution in [2.24, 2.45) is 5.10 Å². The van der Waals surface area contributed by atoms with Gasteiger partial charge < -0.3 is 0 Å². The predicted molar refractivity (Wildman–Crippen MR) is 75.2 cm³/mol. The van der Waals surface area contributed by atoms with Crippen molar-refractivity contribution in [3.8, 4) is 0 Å². The van der Waals surface area contributed by atoms with Crippen LogP contribution in [0.5, 0.6) is 0 Å². The summed E-state index contributed by atoms with van der Waals surface area (Å²) in [7, 11) is 0. The molecule has 0 spiro atoms. The summed E-state index contributed by atoms with van der Waals surface area (Å²) in [6.45, 7) is 0. The molecule has 0 aliphatic carbocycles. The van der Waals surface area contributed by atoms with Crippen LogP contribution in [0.25, 0.3) is 0 Å². The third-order valence-corrected chi connectivity index (χ3v) is 3.45. The second kappa shape index (κ2) is 6.53. The molecule has 110 valence electrons. The van der Waals surface area contributed by atoms with Crippen LogP contribution in [0.3, 0.4) is 0 Å². The van der Waals surface area contributed by atoms with Gasteiger partial charge in [0.15, 0.2) is 0 Å². The van der Waals surface area contributed by atoms with E-state index in [-0.39, 0.29) is 17.9 Å². The van der Waals surface area contributed by atoms with Crippen LogP contribution < -0.4 is 5.43 Å². The van der Waals surface area contributed by atoms with Gasteiger partial charge in [-0.15, -0.1) is 11.3 Å².